The summed E-state index contributed by atoms with van der Waals surface area (Å²) < 4.78 is 0. The van der Waals surface area contributed by atoms with E-state index in [1.54, 1.807) is 0 Å². The summed E-state index contributed by atoms with van der Waals surface area (Å²) >= 11 is 0. The fraction of sp³-hybridized carbons (Fsp3) is 0.895. The number of nitrogens with one attached hydrogen (secondary N) is 2. The Hall–Kier alpha value is -1.14. The molecule has 2 aliphatic rings. The van der Waals surface area contributed by atoms with Crippen LogP contribution in [0.3, 0.4) is 0 Å². The number of piperazine rings is 1. The molecule has 1 saturated carbocycles. The summed E-state index contributed by atoms with van der Waals surface area (Å²) in [5.41, 5.74) is 0. The molecule has 0 aromatic rings. The highest BCUT2D eigenvalue weighted by atomic mass is 16.2. The van der Waals surface area contributed by atoms with Crippen LogP contribution >= 0.6 is 0 Å². The van der Waals surface area contributed by atoms with E-state index in [4.69, 9.17) is 0 Å². The molecule has 0 radical (unpaired) electrons. The fourth-order valence-corrected chi connectivity index (χ4v) is 3.72. The van der Waals surface area contributed by atoms with Crippen molar-refractivity contribution in [1.29, 1.82) is 0 Å². The molecule has 1 heterocycles. The van der Waals surface area contributed by atoms with Gasteiger partial charge in [0.25, 0.3) is 0 Å². The molecule has 0 aromatic carbocycles. The van der Waals surface area contributed by atoms with Crippen molar-refractivity contribution in [2.24, 2.45) is 5.92 Å². The van der Waals surface area contributed by atoms with Crippen LogP contribution in [0.2, 0.25) is 0 Å². The summed E-state index contributed by atoms with van der Waals surface area (Å²) in [6.07, 6.45) is 5.81. The van der Waals surface area contributed by atoms with Gasteiger partial charge in [-0.25, -0.2) is 0 Å². The number of nitrogens with zero attached hydrogens (tertiary/aromatic N) is 2. The highest BCUT2D eigenvalue weighted by molar-refractivity contribution is 5.79. The van der Waals surface area contributed by atoms with E-state index < -0.39 is 0 Å². The SMILES string of the molecule is CC[C@H](C)NC(=O)CN1CCN(CC(=O)N[C@@H]2CCCC[C@H]2C)CC1. The summed E-state index contributed by atoms with van der Waals surface area (Å²) in [6.45, 7) is 10.7. The van der Waals surface area contributed by atoms with Gasteiger partial charge in [0.2, 0.25) is 11.8 Å². The van der Waals surface area contributed by atoms with Gasteiger partial charge in [-0.15, -0.1) is 0 Å². The Labute approximate surface area is 152 Å². The molecule has 2 N–H and O–H groups in total. The van der Waals surface area contributed by atoms with E-state index >= 15 is 0 Å². The molecule has 144 valence electrons. The number of hydrogen-bond donors (Lipinski definition) is 2. The van der Waals surface area contributed by atoms with Gasteiger partial charge in [-0.05, 0) is 32.1 Å². The molecule has 3 atom stereocenters. The quantitative estimate of drug-likeness (QED) is 0.723. The molecule has 6 heteroatoms. The minimum absolute atomic E-state index is 0.104. The van der Waals surface area contributed by atoms with Crippen molar-refractivity contribution in [2.75, 3.05) is 39.3 Å². The Kier molecular flexibility index (Phi) is 8.16. The Balaban J connectivity index is 1.64. The molecule has 25 heavy (non-hydrogen) atoms. The van der Waals surface area contributed by atoms with Crippen molar-refractivity contribution < 1.29 is 9.59 Å². The summed E-state index contributed by atoms with van der Waals surface area (Å²) in [6, 6.07) is 0.589. The van der Waals surface area contributed by atoms with Gasteiger partial charge in [-0.3, -0.25) is 19.4 Å². The van der Waals surface area contributed by atoms with Crippen molar-refractivity contribution in [3.05, 3.63) is 0 Å². The molecular formula is C19H36N4O2. The fourth-order valence-electron chi connectivity index (χ4n) is 3.72. The Morgan fingerprint density at radius 1 is 1.00 bits per heavy atom. The van der Waals surface area contributed by atoms with Crippen molar-refractivity contribution in [1.82, 2.24) is 20.4 Å². The van der Waals surface area contributed by atoms with Gasteiger partial charge >= 0.3 is 0 Å². The van der Waals surface area contributed by atoms with Gasteiger partial charge in [-0.1, -0.05) is 26.7 Å². The Morgan fingerprint density at radius 2 is 1.56 bits per heavy atom. The standard InChI is InChI=1S/C19H36N4O2/c1-4-16(3)20-18(24)13-22-9-11-23(12-10-22)14-19(25)21-17-8-6-5-7-15(17)2/h15-17H,4-14H2,1-3H3,(H,20,24)(H,21,25)/t15-,16+,17-/m1/s1. The first-order chi connectivity index (χ1) is 12.0. The lowest BCUT2D eigenvalue weighted by Crippen LogP contribution is -2.53. The molecule has 2 rings (SSSR count). The van der Waals surface area contributed by atoms with Crippen molar-refractivity contribution in [2.45, 2.75) is 65.0 Å². The Morgan fingerprint density at radius 3 is 2.12 bits per heavy atom. The van der Waals surface area contributed by atoms with Gasteiger partial charge in [0, 0.05) is 38.3 Å². The van der Waals surface area contributed by atoms with Crippen molar-refractivity contribution in [3.8, 4) is 0 Å². The molecule has 2 amide bonds. The number of amides is 2. The largest absolute Gasteiger partial charge is 0.353 e. The minimum Gasteiger partial charge on any atom is -0.353 e. The van der Waals surface area contributed by atoms with E-state index in [1.165, 1.54) is 19.3 Å². The molecule has 2 fully saturated rings. The molecule has 0 aromatic heterocycles. The van der Waals surface area contributed by atoms with Gasteiger partial charge < -0.3 is 10.6 Å². The highest BCUT2D eigenvalue weighted by Gasteiger charge is 2.25. The first-order valence-corrected chi connectivity index (χ1v) is 10.0. The van der Waals surface area contributed by atoms with E-state index in [-0.39, 0.29) is 17.9 Å². The van der Waals surface area contributed by atoms with Crippen molar-refractivity contribution in [3.63, 3.8) is 0 Å². The highest BCUT2D eigenvalue weighted by Crippen LogP contribution is 2.23. The van der Waals surface area contributed by atoms with E-state index in [2.05, 4.69) is 34.3 Å². The predicted octanol–water partition coefficient (Wildman–Crippen LogP) is 1.21. The monoisotopic (exact) mass is 352 g/mol. The number of carbonyl (C=O) groups excluding carboxylic acids is 2. The van der Waals surface area contributed by atoms with Gasteiger partial charge in [0.05, 0.1) is 13.1 Å². The number of hydrogen-bond acceptors (Lipinski definition) is 4. The molecule has 1 aliphatic carbocycles. The summed E-state index contributed by atoms with van der Waals surface area (Å²) in [4.78, 5) is 28.6. The first-order valence-electron chi connectivity index (χ1n) is 10.0. The lowest BCUT2D eigenvalue weighted by atomic mass is 9.86. The van der Waals surface area contributed by atoms with Crippen LogP contribution in [-0.2, 0) is 9.59 Å². The van der Waals surface area contributed by atoms with Crippen LogP contribution in [0.5, 0.6) is 0 Å². The second kappa shape index (κ2) is 10.1. The van der Waals surface area contributed by atoms with Gasteiger partial charge in [0.15, 0.2) is 0 Å². The second-order valence-corrected chi connectivity index (χ2v) is 7.86. The maximum absolute atomic E-state index is 12.3. The molecule has 1 saturated heterocycles. The zero-order valence-corrected chi connectivity index (χ0v) is 16.2. The van der Waals surface area contributed by atoms with Crippen molar-refractivity contribution >= 4 is 11.8 Å². The Bertz CT molecular complexity index is 435. The van der Waals surface area contributed by atoms with E-state index in [1.807, 2.05) is 6.92 Å². The average Bonchev–Trinajstić information content (AvgIpc) is 2.58. The zero-order valence-electron chi connectivity index (χ0n) is 16.2. The molecule has 6 nitrogen and oxygen atoms in total. The van der Waals surface area contributed by atoms with Crippen LogP contribution in [0.25, 0.3) is 0 Å². The van der Waals surface area contributed by atoms with E-state index in [9.17, 15) is 9.59 Å². The summed E-state index contributed by atoms with van der Waals surface area (Å²) in [7, 11) is 0. The van der Waals surface area contributed by atoms with E-state index in [0.29, 0.717) is 25.0 Å². The van der Waals surface area contributed by atoms with Crippen LogP contribution in [0.1, 0.15) is 52.9 Å². The molecule has 1 aliphatic heterocycles. The van der Waals surface area contributed by atoms with Crippen LogP contribution in [0.4, 0.5) is 0 Å². The smallest absolute Gasteiger partial charge is 0.234 e. The lowest BCUT2D eigenvalue weighted by Gasteiger charge is -2.35. The van der Waals surface area contributed by atoms with Gasteiger partial charge in [-0.2, -0.15) is 0 Å². The number of rotatable bonds is 7. The van der Waals surface area contributed by atoms with Crippen LogP contribution in [0, 0.1) is 5.92 Å². The normalized spacial score (nSPS) is 26.8. The third kappa shape index (κ3) is 6.94. The predicted molar refractivity (Wildman–Crippen MR) is 100 cm³/mol. The first kappa shape index (κ1) is 20.2. The third-order valence-corrected chi connectivity index (χ3v) is 5.68. The van der Waals surface area contributed by atoms with Gasteiger partial charge in [0.1, 0.15) is 0 Å². The van der Waals surface area contributed by atoms with Crippen LogP contribution in [0.15, 0.2) is 0 Å². The molecular weight excluding hydrogens is 316 g/mol. The number of carbonyl (C=O) groups is 2. The maximum Gasteiger partial charge on any atom is 0.234 e. The molecule has 0 spiro atoms. The van der Waals surface area contributed by atoms with Crippen LogP contribution in [-0.4, -0.2) is 73.0 Å². The van der Waals surface area contributed by atoms with E-state index in [0.717, 1.165) is 39.0 Å². The molecule has 0 bridgehead atoms. The summed E-state index contributed by atoms with van der Waals surface area (Å²) in [5, 5.41) is 6.24. The third-order valence-electron chi connectivity index (χ3n) is 5.68. The average molecular weight is 353 g/mol. The topological polar surface area (TPSA) is 64.7 Å². The minimum atomic E-state index is 0.104. The van der Waals surface area contributed by atoms with Crippen LogP contribution < -0.4 is 10.6 Å². The maximum atomic E-state index is 12.3. The second-order valence-electron chi connectivity index (χ2n) is 7.86. The molecule has 0 unspecified atom stereocenters. The lowest BCUT2D eigenvalue weighted by molar-refractivity contribution is -0.126. The zero-order chi connectivity index (χ0) is 18.2. The summed E-state index contributed by atoms with van der Waals surface area (Å²) in [5.74, 6) is 0.854.